The molecule has 1 amide bonds. The molecule has 0 aliphatic heterocycles. The van der Waals surface area contributed by atoms with Crippen LogP contribution < -0.4 is 24.7 Å². The second-order valence-electron chi connectivity index (χ2n) is 6.57. The van der Waals surface area contributed by atoms with E-state index in [4.69, 9.17) is 19.9 Å². The van der Waals surface area contributed by atoms with Crippen LogP contribution in [0.3, 0.4) is 0 Å². The summed E-state index contributed by atoms with van der Waals surface area (Å²) in [6.07, 6.45) is 0. The number of halogens is 1. The molecule has 0 saturated carbocycles. The summed E-state index contributed by atoms with van der Waals surface area (Å²) >= 11 is 0. The lowest BCUT2D eigenvalue weighted by Crippen LogP contribution is -2.15. The summed E-state index contributed by atoms with van der Waals surface area (Å²) in [6, 6.07) is 12.3. The number of amides is 1. The van der Waals surface area contributed by atoms with Crippen LogP contribution in [0.15, 0.2) is 59.5 Å². The first kappa shape index (κ1) is 22.9. The first-order chi connectivity index (χ1) is 15.2. The second kappa shape index (κ2) is 9.15. The number of para-hydroxylation sites is 1. The number of primary amides is 1. The third-order valence-corrected chi connectivity index (χ3v) is 6.00. The normalized spacial score (nSPS) is 11.0. The van der Waals surface area contributed by atoms with Gasteiger partial charge in [-0.05, 0) is 29.8 Å². The number of anilines is 1. The van der Waals surface area contributed by atoms with Crippen molar-refractivity contribution in [1.29, 1.82) is 0 Å². The topological polar surface area (TPSA) is 117 Å². The number of benzene rings is 3. The smallest absolute Gasteiger partial charge is 0.262 e. The molecule has 32 heavy (non-hydrogen) atoms. The van der Waals surface area contributed by atoms with Gasteiger partial charge >= 0.3 is 0 Å². The van der Waals surface area contributed by atoms with Gasteiger partial charge in [-0.15, -0.1) is 0 Å². The Bertz CT molecular complexity index is 1250. The predicted molar refractivity (Wildman–Crippen MR) is 117 cm³/mol. The summed E-state index contributed by atoms with van der Waals surface area (Å²) in [5.74, 6) is -0.835. The van der Waals surface area contributed by atoms with Crippen LogP contribution in [0.2, 0.25) is 0 Å². The fourth-order valence-electron chi connectivity index (χ4n) is 3.18. The minimum atomic E-state index is -4.15. The number of hydrogen-bond donors (Lipinski definition) is 2. The van der Waals surface area contributed by atoms with Crippen molar-refractivity contribution in [3.63, 3.8) is 0 Å². The molecule has 0 fully saturated rings. The molecule has 0 spiro atoms. The van der Waals surface area contributed by atoms with Crippen molar-refractivity contribution in [3.05, 3.63) is 66.0 Å². The Kier molecular flexibility index (Phi) is 6.54. The van der Waals surface area contributed by atoms with Gasteiger partial charge in [0.05, 0.1) is 31.9 Å². The van der Waals surface area contributed by atoms with Gasteiger partial charge in [0, 0.05) is 23.3 Å². The van der Waals surface area contributed by atoms with E-state index in [0.717, 1.165) is 12.1 Å². The van der Waals surface area contributed by atoms with Gasteiger partial charge < -0.3 is 19.9 Å². The van der Waals surface area contributed by atoms with Gasteiger partial charge in [0.2, 0.25) is 11.7 Å². The van der Waals surface area contributed by atoms with Crippen molar-refractivity contribution in [1.82, 2.24) is 0 Å². The highest BCUT2D eigenvalue weighted by Gasteiger charge is 2.23. The fourth-order valence-corrected chi connectivity index (χ4v) is 4.29. The molecule has 0 radical (unpaired) electrons. The Labute approximate surface area is 184 Å². The molecule has 3 aromatic rings. The number of carbonyl (C=O) groups excluding carboxylic acids is 1. The molecule has 0 bridgehead atoms. The summed E-state index contributed by atoms with van der Waals surface area (Å²) in [6.45, 7) is 0. The summed E-state index contributed by atoms with van der Waals surface area (Å²) in [5.41, 5.74) is 6.02. The average Bonchev–Trinajstić information content (AvgIpc) is 2.77. The zero-order valence-electron chi connectivity index (χ0n) is 17.5. The van der Waals surface area contributed by atoms with E-state index in [-0.39, 0.29) is 44.5 Å². The van der Waals surface area contributed by atoms with Crippen LogP contribution in [0, 0.1) is 5.82 Å². The van der Waals surface area contributed by atoms with Crippen molar-refractivity contribution in [2.75, 3.05) is 26.1 Å². The number of methoxy groups -OCH3 is 3. The lowest BCUT2D eigenvalue weighted by molar-refractivity contribution is 0.100. The van der Waals surface area contributed by atoms with E-state index < -0.39 is 21.7 Å². The zero-order chi connectivity index (χ0) is 23.5. The second-order valence-corrected chi connectivity index (χ2v) is 8.25. The van der Waals surface area contributed by atoms with Crippen LogP contribution in [-0.2, 0) is 10.0 Å². The van der Waals surface area contributed by atoms with E-state index in [2.05, 4.69) is 4.72 Å². The Morgan fingerprint density at radius 1 is 0.906 bits per heavy atom. The lowest BCUT2D eigenvalue weighted by Gasteiger charge is -2.17. The fraction of sp³-hybridized carbons (Fsp3) is 0.136. The van der Waals surface area contributed by atoms with E-state index in [9.17, 15) is 17.6 Å². The van der Waals surface area contributed by atoms with Gasteiger partial charge in [-0.25, -0.2) is 12.8 Å². The van der Waals surface area contributed by atoms with Crippen molar-refractivity contribution >= 4 is 21.6 Å². The number of hydrogen-bond acceptors (Lipinski definition) is 6. The molecule has 8 nitrogen and oxygen atoms in total. The summed E-state index contributed by atoms with van der Waals surface area (Å²) in [4.78, 5) is 11.7. The molecule has 3 aromatic carbocycles. The molecule has 168 valence electrons. The Morgan fingerprint density at radius 3 is 2.09 bits per heavy atom. The predicted octanol–water partition coefficient (Wildman–Crippen LogP) is 3.42. The molecule has 0 aliphatic carbocycles. The number of ether oxygens (including phenoxy) is 3. The molecule has 3 N–H and O–H groups in total. The van der Waals surface area contributed by atoms with Gasteiger partial charge in [0.25, 0.3) is 10.0 Å². The third kappa shape index (κ3) is 4.45. The minimum Gasteiger partial charge on any atom is -0.493 e. The zero-order valence-corrected chi connectivity index (χ0v) is 18.3. The number of nitrogens with one attached hydrogen (secondary N) is 1. The standard InChI is InChI=1S/C22H21FN2O6S/c1-29-19-11-14(12-20(30-2)21(19)31-3)32(27,28)25-18-7-5-4-6-15(18)17-10-13(23)8-9-16(17)22(24)26/h4-12,25H,1-3H3,(H2,24,26). The van der Waals surface area contributed by atoms with E-state index >= 15 is 0 Å². The van der Waals surface area contributed by atoms with Crippen LogP contribution in [-0.4, -0.2) is 35.7 Å². The number of rotatable bonds is 8. The molecule has 3 rings (SSSR count). The SMILES string of the molecule is COc1cc(S(=O)(=O)Nc2ccccc2-c2cc(F)ccc2C(N)=O)cc(OC)c1OC. The molecular formula is C22H21FN2O6S. The van der Waals surface area contributed by atoms with E-state index in [0.29, 0.717) is 0 Å². The first-order valence-corrected chi connectivity index (χ1v) is 10.7. The van der Waals surface area contributed by atoms with Gasteiger partial charge in [0.15, 0.2) is 11.5 Å². The largest absolute Gasteiger partial charge is 0.493 e. The highest BCUT2D eigenvalue weighted by Crippen LogP contribution is 2.40. The minimum absolute atomic E-state index is 0.0471. The molecule has 0 unspecified atom stereocenters. The molecule has 10 heteroatoms. The van der Waals surface area contributed by atoms with Crippen LogP contribution in [0.1, 0.15) is 10.4 Å². The molecular weight excluding hydrogens is 439 g/mol. The first-order valence-electron chi connectivity index (χ1n) is 9.23. The number of sulfonamides is 1. The molecule has 0 saturated heterocycles. The van der Waals surface area contributed by atoms with E-state index in [1.165, 1.54) is 45.6 Å². The van der Waals surface area contributed by atoms with Crippen LogP contribution in [0.5, 0.6) is 17.2 Å². The number of carbonyl (C=O) groups is 1. The highest BCUT2D eigenvalue weighted by molar-refractivity contribution is 7.92. The molecule has 0 aromatic heterocycles. The Morgan fingerprint density at radius 2 is 1.53 bits per heavy atom. The summed E-state index contributed by atoms with van der Waals surface area (Å²) in [5, 5.41) is 0. The summed E-state index contributed by atoms with van der Waals surface area (Å²) < 4.78 is 58.4. The van der Waals surface area contributed by atoms with Gasteiger partial charge in [-0.2, -0.15) is 0 Å². The molecule has 0 heterocycles. The summed E-state index contributed by atoms with van der Waals surface area (Å²) in [7, 11) is -0.0180. The van der Waals surface area contributed by atoms with Gasteiger partial charge in [0.1, 0.15) is 5.82 Å². The highest BCUT2D eigenvalue weighted by atomic mass is 32.2. The maximum Gasteiger partial charge on any atom is 0.262 e. The van der Waals surface area contributed by atoms with Gasteiger partial charge in [-0.3, -0.25) is 9.52 Å². The van der Waals surface area contributed by atoms with E-state index in [1.54, 1.807) is 18.2 Å². The van der Waals surface area contributed by atoms with Crippen LogP contribution >= 0.6 is 0 Å². The van der Waals surface area contributed by atoms with Crippen LogP contribution in [0.4, 0.5) is 10.1 Å². The maximum atomic E-state index is 13.9. The Hall–Kier alpha value is -3.79. The van der Waals surface area contributed by atoms with Crippen molar-refractivity contribution < 1.29 is 31.8 Å². The maximum absolute atomic E-state index is 13.9. The quantitative estimate of drug-likeness (QED) is 0.532. The average molecular weight is 460 g/mol. The Balaban J connectivity index is 2.12. The third-order valence-electron chi connectivity index (χ3n) is 4.66. The van der Waals surface area contributed by atoms with Gasteiger partial charge in [-0.1, -0.05) is 18.2 Å². The van der Waals surface area contributed by atoms with Crippen molar-refractivity contribution in [2.24, 2.45) is 5.73 Å². The molecule has 0 aliphatic rings. The van der Waals surface area contributed by atoms with Crippen molar-refractivity contribution in [3.8, 4) is 28.4 Å². The molecule has 0 atom stereocenters. The monoisotopic (exact) mass is 460 g/mol. The van der Waals surface area contributed by atoms with E-state index in [1.807, 2.05) is 0 Å². The number of nitrogens with two attached hydrogens (primary N) is 1. The van der Waals surface area contributed by atoms with Crippen LogP contribution in [0.25, 0.3) is 11.1 Å². The van der Waals surface area contributed by atoms with Crippen molar-refractivity contribution in [2.45, 2.75) is 4.90 Å². The lowest BCUT2D eigenvalue weighted by atomic mass is 9.98.